The summed E-state index contributed by atoms with van der Waals surface area (Å²) in [6.45, 7) is 1.86. The molecule has 1 fully saturated rings. The molecule has 7 nitrogen and oxygen atoms in total. The van der Waals surface area contributed by atoms with E-state index >= 15 is 0 Å². The van der Waals surface area contributed by atoms with E-state index < -0.39 is 10.0 Å². The van der Waals surface area contributed by atoms with E-state index in [9.17, 15) is 18.3 Å². The van der Waals surface area contributed by atoms with Gasteiger partial charge in [0.15, 0.2) is 0 Å². The highest BCUT2D eigenvalue weighted by Crippen LogP contribution is 2.20. The number of nitrogens with zero attached hydrogens (tertiary/aromatic N) is 1. The SMILES string of the molecule is O=C(CSc1ccc(O)cc1)NCc1ccc(S(=O)(=O)N2CCOCC2)cc1. The van der Waals surface area contributed by atoms with Gasteiger partial charge in [0.1, 0.15) is 5.75 Å². The van der Waals surface area contributed by atoms with E-state index in [1.165, 1.54) is 16.1 Å². The van der Waals surface area contributed by atoms with Crippen LogP contribution in [0.4, 0.5) is 0 Å². The number of hydrogen-bond donors (Lipinski definition) is 2. The normalized spacial score (nSPS) is 15.3. The third-order valence-electron chi connectivity index (χ3n) is 4.23. The van der Waals surface area contributed by atoms with Gasteiger partial charge in [-0.05, 0) is 42.0 Å². The van der Waals surface area contributed by atoms with Crippen molar-refractivity contribution >= 4 is 27.7 Å². The van der Waals surface area contributed by atoms with Crippen LogP contribution in [0.5, 0.6) is 5.75 Å². The molecule has 2 N–H and O–H groups in total. The van der Waals surface area contributed by atoms with E-state index in [0.29, 0.717) is 32.8 Å². The van der Waals surface area contributed by atoms with Gasteiger partial charge in [0, 0.05) is 24.5 Å². The van der Waals surface area contributed by atoms with Gasteiger partial charge in [-0.25, -0.2) is 8.42 Å². The van der Waals surface area contributed by atoms with E-state index in [0.717, 1.165) is 10.5 Å². The summed E-state index contributed by atoms with van der Waals surface area (Å²) in [6.07, 6.45) is 0. The quantitative estimate of drug-likeness (QED) is 0.661. The molecule has 0 aliphatic carbocycles. The largest absolute Gasteiger partial charge is 0.508 e. The molecule has 1 heterocycles. The van der Waals surface area contributed by atoms with Crippen LogP contribution in [0, 0.1) is 0 Å². The van der Waals surface area contributed by atoms with Crippen molar-refractivity contribution in [3.63, 3.8) is 0 Å². The van der Waals surface area contributed by atoms with Crippen LogP contribution in [0.25, 0.3) is 0 Å². The van der Waals surface area contributed by atoms with Gasteiger partial charge in [0.25, 0.3) is 0 Å². The Balaban J connectivity index is 1.49. The lowest BCUT2D eigenvalue weighted by atomic mass is 10.2. The fourth-order valence-electron chi connectivity index (χ4n) is 2.66. The molecule has 9 heteroatoms. The summed E-state index contributed by atoms with van der Waals surface area (Å²) in [5.41, 5.74) is 0.823. The second-order valence-corrected chi connectivity index (χ2v) is 9.21. The average Bonchev–Trinajstić information content (AvgIpc) is 2.73. The summed E-state index contributed by atoms with van der Waals surface area (Å²) >= 11 is 1.38. The Bertz CT molecular complexity index is 893. The molecule has 0 unspecified atom stereocenters. The number of benzene rings is 2. The molecule has 0 aromatic heterocycles. The van der Waals surface area contributed by atoms with Crippen LogP contribution in [-0.2, 0) is 26.1 Å². The zero-order valence-electron chi connectivity index (χ0n) is 15.2. The van der Waals surface area contributed by atoms with Gasteiger partial charge in [-0.1, -0.05) is 12.1 Å². The molecule has 1 aliphatic heterocycles. The zero-order chi connectivity index (χ0) is 20.0. The average molecular weight is 423 g/mol. The van der Waals surface area contributed by atoms with Crippen LogP contribution in [-0.4, -0.2) is 55.8 Å². The number of nitrogens with one attached hydrogen (secondary N) is 1. The minimum absolute atomic E-state index is 0.122. The van der Waals surface area contributed by atoms with Gasteiger partial charge >= 0.3 is 0 Å². The van der Waals surface area contributed by atoms with Crippen molar-refractivity contribution in [3.05, 3.63) is 54.1 Å². The van der Waals surface area contributed by atoms with Crippen molar-refractivity contribution in [1.29, 1.82) is 0 Å². The number of ether oxygens (including phenoxy) is 1. The first kappa shape index (κ1) is 20.7. The van der Waals surface area contributed by atoms with Gasteiger partial charge in [0.05, 0.1) is 23.9 Å². The monoisotopic (exact) mass is 422 g/mol. The first-order chi connectivity index (χ1) is 13.4. The maximum Gasteiger partial charge on any atom is 0.243 e. The Morgan fingerprint density at radius 1 is 1.07 bits per heavy atom. The van der Waals surface area contributed by atoms with Crippen LogP contribution in [0.1, 0.15) is 5.56 Å². The fraction of sp³-hybridized carbons (Fsp3) is 0.316. The van der Waals surface area contributed by atoms with E-state index in [1.807, 2.05) is 0 Å². The molecular formula is C19H22N2O5S2. The number of thioether (sulfide) groups is 1. The minimum atomic E-state index is -3.51. The molecule has 0 bridgehead atoms. The molecule has 150 valence electrons. The van der Waals surface area contributed by atoms with Crippen molar-refractivity contribution < 1.29 is 23.1 Å². The molecule has 0 radical (unpaired) electrons. The second kappa shape index (κ2) is 9.42. The second-order valence-electron chi connectivity index (χ2n) is 6.22. The van der Waals surface area contributed by atoms with Crippen molar-refractivity contribution in [3.8, 4) is 5.75 Å². The van der Waals surface area contributed by atoms with Gasteiger partial charge in [-0.3, -0.25) is 4.79 Å². The standard InChI is InChI=1S/C19H22N2O5S2/c22-16-3-5-17(6-4-16)27-14-19(23)20-13-15-1-7-18(8-2-15)28(24,25)21-9-11-26-12-10-21/h1-8,22H,9-14H2,(H,20,23). The third kappa shape index (κ3) is 5.48. The van der Waals surface area contributed by atoms with Crippen LogP contribution in [0.3, 0.4) is 0 Å². The summed E-state index contributed by atoms with van der Waals surface area (Å²) in [5.74, 6) is 0.324. The molecule has 2 aromatic carbocycles. The van der Waals surface area contributed by atoms with E-state index in [2.05, 4.69) is 5.32 Å². The summed E-state index contributed by atoms with van der Waals surface area (Å²) in [4.78, 5) is 13.1. The molecule has 1 aliphatic rings. The Labute approximate surface area is 168 Å². The predicted molar refractivity (Wildman–Crippen MR) is 107 cm³/mol. The van der Waals surface area contributed by atoms with E-state index in [1.54, 1.807) is 48.5 Å². The highest BCUT2D eigenvalue weighted by atomic mass is 32.2. The van der Waals surface area contributed by atoms with Gasteiger partial charge < -0.3 is 15.2 Å². The number of carbonyl (C=O) groups excluding carboxylic acids is 1. The number of hydrogen-bond acceptors (Lipinski definition) is 6. The van der Waals surface area contributed by atoms with Crippen molar-refractivity contribution in [2.45, 2.75) is 16.3 Å². The lowest BCUT2D eigenvalue weighted by molar-refractivity contribution is -0.118. The summed E-state index contributed by atoms with van der Waals surface area (Å²) in [6, 6.07) is 13.2. The Morgan fingerprint density at radius 2 is 1.71 bits per heavy atom. The van der Waals surface area contributed by atoms with Crippen molar-refractivity contribution in [1.82, 2.24) is 9.62 Å². The number of morpholine rings is 1. The molecule has 0 spiro atoms. The maximum absolute atomic E-state index is 12.6. The summed E-state index contributed by atoms with van der Waals surface area (Å²) < 4.78 is 31.8. The number of phenolic OH excluding ortho intramolecular Hbond substituents is 1. The number of phenols is 1. The van der Waals surface area contributed by atoms with Crippen LogP contribution < -0.4 is 5.32 Å². The van der Waals surface area contributed by atoms with Crippen LogP contribution in [0.2, 0.25) is 0 Å². The van der Waals surface area contributed by atoms with Gasteiger partial charge in [0.2, 0.25) is 15.9 Å². The lowest BCUT2D eigenvalue weighted by Crippen LogP contribution is -2.40. The van der Waals surface area contributed by atoms with Crippen LogP contribution in [0.15, 0.2) is 58.3 Å². The molecule has 0 saturated carbocycles. The fourth-order valence-corrected chi connectivity index (χ4v) is 4.79. The molecule has 28 heavy (non-hydrogen) atoms. The number of amides is 1. The van der Waals surface area contributed by atoms with E-state index in [4.69, 9.17) is 4.74 Å². The Kier molecular flexibility index (Phi) is 6.95. The van der Waals surface area contributed by atoms with E-state index in [-0.39, 0.29) is 22.3 Å². The maximum atomic E-state index is 12.6. The Hall–Kier alpha value is -2.07. The molecule has 1 amide bonds. The molecule has 3 rings (SSSR count). The third-order valence-corrected chi connectivity index (χ3v) is 7.15. The van der Waals surface area contributed by atoms with Gasteiger partial charge in [-0.15, -0.1) is 11.8 Å². The van der Waals surface area contributed by atoms with Crippen LogP contribution >= 0.6 is 11.8 Å². The topological polar surface area (TPSA) is 95.9 Å². The number of carbonyl (C=O) groups is 1. The molecule has 0 atom stereocenters. The molecular weight excluding hydrogens is 400 g/mol. The molecule has 1 saturated heterocycles. The predicted octanol–water partition coefficient (Wildman–Crippen LogP) is 1.82. The number of aromatic hydroxyl groups is 1. The van der Waals surface area contributed by atoms with Gasteiger partial charge in [-0.2, -0.15) is 4.31 Å². The first-order valence-corrected chi connectivity index (χ1v) is 11.2. The zero-order valence-corrected chi connectivity index (χ0v) is 16.8. The van der Waals surface area contributed by atoms with Crippen molar-refractivity contribution in [2.24, 2.45) is 0 Å². The lowest BCUT2D eigenvalue weighted by Gasteiger charge is -2.26. The highest BCUT2D eigenvalue weighted by molar-refractivity contribution is 8.00. The van der Waals surface area contributed by atoms with Crippen molar-refractivity contribution in [2.75, 3.05) is 32.1 Å². The Morgan fingerprint density at radius 3 is 2.36 bits per heavy atom. The number of rotatable bonds is 7. The summed E-state index contributed by atoms with van der Waals surface area (Å²) in [7, 11) is -3.51. The summed E-state index contributed by atoms with van der Waals surface area (Å²) in [5, 5.41) is 12.1. The minimum Gasteiger partial charge on any atom is -0.508 e. The highest BCUT2D eigenvalue weighted by Gasteiger charge is 2.26. The first-order valence-electron chi connectivity index (χ1n) is 8.80. The molecule has 2 aromatic rings. The number of sulfonamides is 1. The smallest absolute Gasteiger partial charge is 0.243 e.